The fourth-order valence-electron chi connectivity index (χ4n) is 2.17. The molecule has 1 aliphatic carbocycles. The van der Waals surface area contributed by atoms with Crippen molar-refractivity contribution in [2.45, 2.75) is 44.4 Å². The average molecular weight is 203 g/mol. The van der Waals surface area contributed by atoms with Gasteiger partial charge in [-0.2, -0.15) is 0 Å². The smallest absolute Gasteiger partial charge is 0.0498 e. The molecule has 13 heavy (non-hydrogen) atoms. The number of rotatable bonds is 2. The van der Waals surface area contributed by atoms with Crippen LogP contribution >= 0.6 is 0 Å². The van der Waals surface area contributed by atoms with Crippen molar-refractivity contribution in [1.29, 1.82) is 0 Å². The molecule has 1 rings (SSSR count). The van der Waals surface area contributed by atoms with Crippen LogP contribution in [0.2, 0.25) is 0 Å². The molecule has 1 fully saturated rings. The molecule has 1 aliphatic rings. The molecule has 1 saturated carbocycles. The van der Waals surface area contributed by atoms with Gasteiger partial charge in [-0.15, -0.1) is 0 Å². The zero-order valence-electron chi connectivity index (χ0n) is 8.82. The van der Waals surface area contributed by atoms with E-state index in [0.29, 0.717) is 5.92 Å². The molecule has 0 saturated heterocycles. The molecule has 0 aromatic rings. The summed E-state index contributed by atoms with van der Waals surface area (Å²) in [5.74, 6) is 1.44. The van der Waals surface area contributed by atoms with E-state index in [1.807, 2.05) is 0 Å². The first-order valence-electron chi connectivity index (χ1n) is 5.10. The summed E-state index contributed by atoms with van der Waals surface area (Å²) in [6, 6.07) is 0.167. The number of hydrogen-bond donors (Lipinski definition) is 1. The molecule has 2 nitrogen and oxygen atoms in total. The maximum atomic E-state index is 11.4. The molecular weight excluding hydrogens is 182 g/mol. The van der Waals surface area contributed by atoms with Gasteiger partial charge in [0.05, 0.1) is 0 Å². The van der Waals surface area contributed by atoms with E-state index in [0.717, 1.165) is 18.8 Å². The lowest BCUT2D eigenvalue weighted by Gasteiger charge is -2.34. The van der Waals surface area contributed by atoms with Gasteiger partial charge in [-0.3, -0.25) is 4.21 Å². The van der Waals surface area contributed by atoms with Gasteiger partial charge in [0.15, 0.2) is 0 Å². The molecule has 78 valence electrons. The molecule has 0 heterocycles. The first-order chi connectivity index (χ1) is 6.02. The maximum absolute atomic E-state index is 11.4. The minimum Gasteiger partial charge on any atom is -0.327 e. The largest absolute Gasteiger partial charge is 0.327 e. The highest BCUT2D eigenvalue weighted by molar-refractivity contribution is 7.85. The van der Waals surface area contributed by atoms with Crippen molar-refractivity contribution in [2.75, 3.05) is 6.26 Å². The summed E-state index contributed by atoms with van der Waals surface area (Å²) in [7, 11) is -0.744. The van der Waals surface area contributed by atoms with Crippen molar-refractivity contribution in [3.8, 4) is 0 Å². The van der Waals surface area contributed by atoms with Gasteiger partial charge in [0.25, 0.3) is 0 Å². The van der Waals surface area contributed by atoms with Crippen LogP contribution < -0.4 is 5.73 Å². The van der Waals surface area contributed by atoms with Crippen LogP contribution in [0.4, 0.5) is 0 Å². The van der Waals surface area contributed by atoms with Crippen LogP contribution in [-0.2, 0) is 10.8 Å². The zero-order chi connectivity index (χ0) is 10.0. The van der Waals surface area contributed by atoms with Crippen molar-refractivity contribution >= 4 is 10.8 Å². The van der Waals surface area contributed by atoms with Crippen LogP contribution in [-0.4, -0.2) is 21.8 Å². The molecule has 4 unspecified atom stereocenters. The first kappa shape index (κ1) is 11.2. The predicted octanol–water partition coefficient (Wildman–Crippen LogP) is 1.52. The van der Waals surface area contributed by atoms with Crippen molar-refractivity contribution in [3.05, 3.63) is 0 Å². The Hall–Kier alpha value is 0.110. The molecule has 0 aromatic carbocycles. The Morgan fingerprint density at radius 3 is 2.46 bits per heavy atom. The molecule has 0 aliphatic heterocycles. The fourth-order valence-corrected chi connectivity index (χ4v) is 3.32. The second kappa shape index (κ2) is 4.56. The van der Waals surface area contributed by atoms with Gasteiger partial charge in [0, 0.05) is 28.3 Å². The van der Waals surface area contributed by atoms with Crippen molar-refractivity contribution in [1.82, 2.24) is 0 Å². The normalized spacial score (nSPS) is 37.8. The summed E-state index contributed by atoms with van der Waals surface area (Å²) in [6.07, 6.45) is 5.11. The van der Waals surface area contributed by atoms with E-state index in [4.69, 9.17) is 5.73 Å². The lowest BCUT2D eigenvalue weighted by molar-refractivity contribution is 0.264. The summed E-state index contributed by atoms with van der Waals surface area (Å²) >= 11 is 0. The van der Waals surface area contributed by atoms with Crippen LogP contribution in [0.1, 0.15) is 33.1 Å². The van der Waals surface area contributed by atoms with Crippen molar-refractivity contribution in [2.24, 2.45) is 17.6 Å². The monoisotopic (exact) mass is 203 g/mol. The summed E-state index contributed by atoms with van der Waals surface area (Å²) in [6.45, 7) is 4.49. The molecule has 3 heteroatoms. The number of hydrogen-bond acceptors (Lipinski definition) is 2. The van der Waals surface area contributed by atoms with E-state index in [1.54, 1.807) is 6.26 Å². The molecule has 2 N–H and O–H groups in total. The topological polar surface area (TPSA) is 43.1 Å². The van der Waals surface area contributed by atoms with Gasteiger partial charge in [-0.05, 0) is 31.1 Å². The van der Waals surface area contributed by atoms with E-state index in [-0.39, 0.29) is 11.3 Å². The quantitative estimate of drug-likeness (QED) is 0.739. The van der Waals surface area contributed by atoms with Gasteiger partial charge in [-0.1, -0.05) is 13.8 Å². The summed E-state index contributed by atoms with van der Waals surface area (Å²) in [5.41, 5.74) is 5.95. The van der Waals surface area contributed by atoms with Crippen molar-refractivity contribution in [3.63, 3.8) is 0 Å². The molecule has 0 amide bonds. The Kier molecular flexibility index (Phi) is 3.92. The van der Waals surface area contributed by atoms with Gasteiger partial charge < -0.3 is 5.73 Å². The van der Waals surface area contributed by atoms with Gasteiger partial charge in [0.1, 0.15) is 0 Å². The summed E-state index contributed by atoms with van der Waals surface area (Å²) in [5, 5.41) is 0.237. The Morgan fingerprint density at radius 1 is 1.38 bits per heavy atom. The summed E-state index contributed by atoms with van der Waals surface area (Å²) in [4.78, 5) is 0. The third-order valence-corrected chi connectivity index (χ3v) is 4.65. The van der Waals surface area contributed by atoms with E-state index in [2.05, 4.69) is 13.8 Å². The van der Waals surface area contributed by atoms with Crippen molar-refractivity contribution < 1.29 is 4.21 Å². The van der Waals surface area contributed by atoms with Crippen LogP contribution in [0, 0.1) is 11.8 Å². The molecule has 0 spiro atoms. The molecule has 4 atom stereocenters. The predicted molar refractivity (Wildman–Crippen MR) is 58.0 cm³/mol. The lowest BCUT2D eigenvalue weighted by atomic mass is 9.79. The second-order valence-electron chi connectivity index (χ2n) is 4.52. The van der Waals surface area contributed by atoms with Gasteiger partial charge in [-0.25, -0.2) is 0 Å². The van der Waals surface area contributed by atoms with E-state index in [1.165, 1.54) is 6.42 Å². The standard InChI is InChI=1S/C10H21NOS/c1-7(2)8-4-5-9(11)10(6-8)13(3)12/h7-10H,4-6,11H2,1-3H3. The van der Waals surface area contributed by atoms with E-state index < -0.39 is 10.8 Å². The Balaban J connectivity index is 2.58. The Bertz CT molecular complexity index is 193. The van der Waals surface area contributed by atoms with E-state index in [9.17, 15) is 4.21 Å². The Labute approximate surface area is 83.7 Å². The second-order valence-corrected chi connectivity index (χ2v) is 6.12. The first-order valence-corrected chi connectivity index (χ1v) is 6.72. The van der Waals surface area contributed by atoms with Gasteiger partial charge >= 0.3 is 0 Å². The average Bonchev–Trinajstić information content (AvgIpc) is 2.04. The third-order valence-electron chi connectivity index (χ3n) is 3.25. The van der Waals surface area contributed by atoms with Crippen LogP contribution in [0.15, 0.2) is 0 Å². The molecule has 0 radical (unpaired) electrons. The highest BCUT2D eigenvalue weighted by Gasteiger charge is 2.31. The highest BCUT2D eigenvalue weighted by Crippen LogP contribution is 2.31. The lowest BCUT2D eigenvalue weighted by Crippen LogP contribution is -2.43. The van der Waals surface area contributed by atoms with Crippen LogP contribution in [0.3, 0.4) is 0 Å². The Morgan fingerprint density at radius 2 is 2.00 bits per heavy atom. The molecule has 0 aromatic heterocycles. The van der Waals surface area contributed by atoms with Gasteiger partial charge in [0.2, 0.25) is 0 Å². The third kappa shape index (κ3) is 2.78. The maximum Gasteiger partial charge on any atom is 0.0498 e. The molecular formula is C10H21NOS. The zero-order valence-corrected chi connectivity index (χ0v) is 9.64. The number of nitrogens with two attached hydrogens (primary N) is 1. The minimum atomic E-state index is -0.744. The van der Waals surface area contributed by atoms with Crippen LogP contribution in [0.5, 0.6) is 0 Å². The van der Waals surface area contributed by atoms with E-state index >= 15 is 0 Å². The summed E-state index contributed by atoms with van der Waals surface area (Å²) < 4.78 is 11.4. The molecule has 0 bridgehead atoms. The minimum absolute atomic E-state index is 0.167. The SMILES string of the molecule is CC(C)C1CCC(N)C(S(C)=O)C1. The van der Waals surface area contributed by atoms with Crippen LogP contribution in [0.25, 0.3) is 0 Å². The fraction of sp³-hybridized carbons (Fsp3) is 1.00. The highest BCUT2D eigenvalue weighted by atomic mass is 32.2.